The highest BCUT2D eigenvalue weighted by Gasteiger charge is 2.31. The van der Waals surface area contributed by atoms with E-state index in [1.807, 2.05) is 0 Å². The first-order valence-corrected chi connectivity index (χ1v) is 5.37. The Kier molecular flexibility index (Phi) is 2.87. The standard InChI is InChI=1S/C11H14ClNO2/c12-9-2-1-8(10(14)5-9)6-11(15)3-4-13-7-11/h1-2,5,13-15H,3-4,6-7H2. The minimum absolute atomic E-state index is 0.155. The Balaban J connectivity index is 2.16. The second-order valence-electron chi connectivity index (χ2n) is 4.10. The largest absolute Gasteiger partial charge is 0.508 e. The van der Waals surface area contributed by atoms with E-state index in [9.17, 15) is 10.2 Å². The van der Waals surface area contributed by atoms with E-state index in [0.717, 1.165) is 18.5 Å². The van der Waals surface area contributed by atoms with Gasteiger partial charge in [-0.15, -0.1) is 0 Å². The maximum Gasteiger partial charge on any atom is 0.120 e. The topological polar surface area (TPSA) is 52.5 Å². The summed E-state index contributed by atoms with van der Waals surface area (Å²) >= 11 is 5.73. The minimum atomic E-state index is -0.731. The van der Waals surface area contributed by atoms with Crippen molar-refractivity contribution in [1.29, 1.82) is 0 Å². The van der Waals surface area contributed by atoms with Crippen LogP contribution in [0, 0.1) is 0 Å². The summed E-state index contributed by atoms with van der Waals surface area (Å²) in [4.78, 5) is 0. The molecule has 0 amide bonds. The van der Waals surface area contributed by atoms with Gasteiger partial charge in [0.25, 0.3) is 0 Å². The van der Waals surface area contributed by atoms with Crippen LogP contribution in [0.3, 0.4) is 0 Å². The number of nitrogens with one attached hydrogen (secondary N) is 1. The molecular weight excluding hydrogens is 214 g/mol. The third-order valence-electron chi connectivity index (χ3n) is 2.79. The smallest absolute Gasteiger partial charge is 0.120 e. The fraction of sp³-hybridized carbons (Fsp3) is 0.455. The fourth-order valence-electron chi connectivity index (χ4n) is 1.92. The number of rotatable bonds is 2. The van der Waals surface area contributed by atoms with Gasteiger partial charge in [0.2, 0.25) is 0 Å². The Morgan fingerprint density at radius 1 is 1.47 bits per heavy atom. The number of benzene rings is 1. The Bertz CT molecular complexity index is 362. The highest BCUT2D eigenvalue weighted by Crippen LogP contribution is 2.28. The lowest BCUT2D eigenvalue weighted by Gasteiger charge is -2.21. The van der Waals surface area contributed by atoms with Crippen LogP contribution in [0.1, 0.15) is 12.0 Å². The van der Waals surface area contributed by atoms with E-state index in [0.29, 0.717) is 18.0 Å². The van der Waals surface area contributed by atoms with E-state index in [1.54, 1.807) is 12.1 Å². The number of hydrogen-bond acceptors (Lipinski definition) is 3. The molecule has 0 bridgehead atoms. The fourth-order valence-corrected chi connectivity index (χ4v) is 2.09. The van der Waals surface area contributed by atoms with Crippen LogP contribution in [0.5, 0.6) is 5.75 Å². The number of phenolic OH excluding ortho intramolecular Hbond substituents is 1. The zero-order valence-corrected chi connectivity index (χ0v) is 9.09. The molecular formula is C11H14ClNO2. The van der Waals surface area contributed by atoms with E-state index >= 15 is 0 Å². The number of phenols is 1. The van der Waals surface area contributed by atoms with Gasteiger partial charge in [-0.3, -0.25) is 0 Å². The Morgan fingerprint density at radius 3 is 2.87 bits per heavy atom. The van der Waals surface area contributed by atoms with Crippen LogP contribution in [0.25, 0.3) is 0 Å². The lowest BCUT2D eigenvalue weighted by atomic mass is 9.93. The molecule has 3 nitrogen and oxygen atoms in total. The van der Waals surface area contributed by atoms with Gasteiger partial charge in [-0.1, -0.05) is 17.7 Å². The van der Waals surface area contributed by atoms with Gasteiger partial charge in [-0.05, 0) is 30.7 Å². The molecule has 3 N–H and O–H groups in total. The second kappa shape index (κ2) is 4.00. The van der Waals surface area contributed by atoms with Crippen molar-refractivity contribution in [3.05, 3.63) is 28.8 Å². The van der Waals surface area contributed by atoms with Crippen LogP contribution in [0.2, 0.25) is 5.02 Å². The Morgan fingerprint density at radius 2 is 2.27 bits per heavy atom. The average molecular weight is 228 g/mol. The van der Waals surface area contributed by atoms with E-state index in [-0.39, 0.29) is 5.75 Å². The molecule has 0 aliphatic carbocycles. The van der Waals surface area contributed by atoms with Gasteiger partial charge in [0.05, 0.1) is 5.60 Å². The number of β-amino-alcohol motifs (C(OH)–C–C–N with tert-alkyl or cyclic N) is 1. The number of hydrogen-bond donors (Lipinski definition) is 3. The maximum atomic E-state index is 10.1. The molecule has 1 aliphatic heterocycles. The third kappa shape index (κ3) is 2.43. The molecule has 1 heterocycles. The second-order valence-corrected chi connectivity index (χ2v) is 4.54. The summed E-state index contributed by atoms with van der Waals surface area (Å²) in [6.45, 7) is 1.40. The highest BCUT2D eigenvalue weighted by atomic mass is 35.5. The van der Waals surface area contributed by atoms with Crippen molar-refractivity contribution in [2.75, 3.05) is 13.1 Å². The first-order chi connectivity index (χ1) is 7.09. The van der Waals surface area contributed by atoms with Crippen LogP contribution in [0.4, 0.5) is 0 Å². The first-order valence-electron chi connectivity index (χ1n) is 5.00. The van der Waals surface area contributed by atoms with Crippen LogP contribution in [-0.2, 0) is 6.42 Å². The molecule has 1 fully saturated rings. The molecule has 1 aromatic carbocycles. The normalized spacial score (nSPS) is 25.7. The van der Waals surface area contributed by atoms with Crippen LogP contribution < -0.4 is 5.32 Å². The Hall–Kier alpha value is -0.770. The molecule has 1 saturated heterocycles. The van der Waals surface area contributed by atoms with E-state index in [2.05, 4.69) is 5.32 Å². The molecule has 1 aliphatic rings. The zero-order chi connectivity index (χ0) is 10.9. The van der Waals surface area contributed by atoms with Crippen molar-refractivity contribution in [1.82, 2.24) is 5.32 Å². The molecule has 0 radical (unpaired) electrons. The summed E-state index contributed by atoms with van der Waals surface area (Å²) in [5, 5.41) is 23.4. The zero-order valence-electron chi connectivity index (χ0n) is 8.33. The van der Waals surface area contributed by atoms with E-state index in [1.165, 1.54) is 6.07 Å². The summed E-state index contributed by atoms with van der Waals surface area (Å²) < 4.78 is 0. The summed E-state index contributed by atoms with van der Waals surface area (Å²) in [6, 6.07) is 4.99. The summed E-state index contributed by atoms with van der Waals surface area (Å²) in [6.07, 6.45) is 1.18. The third-order valence-corrected chi connectivity index (χ3v) is 3.02. The van der Waals surface area contributed by atoms with Crippen molar-refractivity contribution in [2.45, 2.75) is 18.4 Å². The van der Waals surface area contributed by atoms with Crippen LogP contribution in [-0.4, -0.2) is 28.9 Å². The molecule has 1 atom stereocenters. The number of aromatic hydroxyl groups is 1. The van der Waals surface area contributed by atoms with E-state index < -0.39 is 5.60 Å². The van der Waals surface area contributed by atoms with Crippen molar-refractivity contribution >= 4 is 11.6 Å². The van der Waals surface area contributed by atoms with Crippen molar-refractivity contribution in [3.63, 3.8) is 0 Å². The molecule has 4 heteroatoms. The SMILES string of the molecule is Oc1cc(Cl)ccc1CC1(O)CCNC1. The van der Waals surface area contributed by atoms with Gasteiger partial charge >= 0.3 is 0 Å². The average Bonchev–Trinajstić information content (AvgIpc) is 2.58. The molecule has 2 rings (SSSR count). The first kappa shape index (κ1) is 10.7. The van der Waals surface area contributed by atoms with Gasteiger partial charge in [0.15, 0.2) is 0 Å². The molecule has 1 unspecified atom stereocenters. The molecule has 1 aromatic rings. The quantitative estimate of drug-likeness (QED) is 0.714. The number of halogens is 1. The monoisotopic (exact) mass is 227 g/mol. The summed E-state index contributed by atoms with van der Waals surface area (Å²) in [5.41, 5.74) is 0.0105. The van der Waals surface area contributed by atoms with Crippen molar-refractivity contribution in [2.24, 2.45) is 0 Å². The number of aliphatic hydroxyl groups is 1. The maximum absolute atomic E-state index is 10.1. The van der Waals surface area contributed by atoms with Crippen molar-refractivity contribution in [3.8, 4) is 5.75 Å². The Labute approximate surface area is 93.7 Å². The summed E-state index contributed by atoms with van der Waals surface area (Å²) in [7, 11) is 0. The van der Waals surface area contributed by atoms with Gasteiger partial charge < -0.3 is 15.5 Å². The van der Waals surface area contributed by atoms with E-state index in [4.69, 9.17) is 11.6 Å². The molecule has 82 valence electrons. The molecule has 0 spiro atoms. The lowest BCUT2D eigenvalue weighted by Crippen LogP contribution is -2.33. The van der Waals surface area contributed by atoms with Crippen molar-refractivity contribution < 1.29 is 10.2 Å². The predicted octanol–water partition coefficient (Wildman–Crippen LogP) is 1.31. The molecule has 0 aromatic heterocycles. The predicted molar refractivity (Wildman–Crippen MR) is 59.3 cm³/mol. The van der Waals surface area contributed by atoms with Gasteiger partial charge in [-0.25, -0.2) is 0 Å². The van der Waals surface area contributed by atoms with Crippen LogP contribution >= 0.6 is 11.6 Å². The van der Waals surface area contributed by atoms with Crippen LogP contribution in [0.15, 0.2) is 18.2 Å². The van der Waals surface area contributed by atoms with Gasteiger partial charge in [0, 0.05) is 18.0 Å². The highest BCUT2D eigenvalue weighted by molar-refractivity contribution is 6.30. The lowest BCUT2D eigenvalue weighted by molar-refractivity contribution is 0.0612. The van der Waals surface area contributed by atoms with Gasteiger partial charge in [-0.2, -0.15) is 0 Å². The summed E-state index contributed by atoms with van der Waals surface area (Å²) in [5.74, 6) is 0.155. The molecule has 15 heavy (non-hydrogen) atoms. The molecule has 0 saturated carbocycles. The minimum Gasteiger partial charge on any atom is -0.508 e. The van der Waals surface area contributed by atoms with Gasteiger partial charge in [0.1, 0.15) is 5.75 Å².